The summed E-state index contributed by atoms with van der Waals surface area (Å²) < 4.78 is 39.4. The van der Waals surface area contributed by atoms with E-state index in [9.17, 15) is 22.8 Å². The molecule has 0 radical (unpaired) electrons. The lowest BCUT2D eigenvalue weighted by molar-refractivity contribution is -0.139. The van der Waals surface area contributed by atoms with Gasteiger partial charge in [-0.3, -0.25) is 19.4 Å². The molecule has 9 heteroatoms. The average molecular weight is 463 g/mol. The van der Waals surface area contributed by atoms with Crippen LogP contribution in [-0.4, -0.2) is 72.3 Å². The van der Waals surface area contributed by atoms with E-state index in [0.717, 1.165) is 38.8 Å². The summed E-state index contributed by atoms with van der Waals surface area (Å²) in [7, 11) is 1.49. The summed E-state index contributed by atoms with van der Waals surface area (Å²) in [5.41, 5.74) is 0.000392. The zero-order valence-corrected chi connectivity index (χ0v) is 18.8. The fraction of sp³-hybridized carbons (Fsp3) is 0.417. The SMILES string of the molecule is C[C@H](C(=O)N(C)CC(=O)Nc1ccccc1C(F)(F)F)N1CCN(Cc2ccccc2)CC1. The van der Waals surface area contributed by atoms with Gasteiger partial charge in [-0.2, -0.15) is 13.2 Å². The number of likely N-dealkylation sites (N-methyl/N-ethyl adjacent to an activating group) is 1. The Morgan fingerprint density at radius 2 is 1.61 bits per heavy atom. The molecular formula is C24H29F3N4O2. The number of amides is 2. The first kappa shape index (κ1) is 24.7. The maximum absolute atomic E-state index is 13.1. The smallest absolute Gasteiger partial charge is 0.335 e. The molecule has 2 amide bonds. The number of hydrogen-bond donors (Lipinski definition) is 1. The third-order valence-electron chi connectivity index (χ3n) is 5.82. The highest BCUT2D eigenvalue weighted by Gasteiger charge is 2.34. The van der Waals surface area contributed by atoms with E-state index in [1.165, 1.54) is 35.7 Å². The van der Waals surface area contributed by atoms with Crippen molar-refractivity contribution in [2.24, 2.45) is 0 Å². The van der Waals surface area contributed by atoms with Gasteiger partial charge in [0.2, 0.25) is 11.8 Å². The quantitative estimate of drug-likeness (QED) is 0.686. The minimum absolute atomic E-state index is 0.245. The zero-order chi connectivity index (χ0) is 24.0. The number of carbonyl (C=O) groups is 2. The van der Waals surface area contributed by atoms with E-state index < -0.39 is 23.7 Å². The molecule has 0 aromatic heterocycles. The highest BCUT2D eigenvalue weighted by Crippen LogP contribution is 2.34. The number of carbonyl (C=O) groups excluding carboxylic acids is 2. The maximum Gasteiger partial charge on any atom is 0.418 e. The van der Waals surface area contributed by atoms with Crippen LogP contribution in [0.5, 0.6) is 0 Å². The van der Waals surface area contributed by atoms with Crippen molar-refractivity contribution in [2.75, 3.05) is 45.1 Å². The number of piperazine rings is 1. The van der Waals surface area contributed by atoms with Gasteiger partial charge in [0.1, 0.15) is 0 Å². The van der Waals surface area contributed by atoms with Crippen LogP contribution >= 0.6 is 0 Å². The monoisotopic (exact) mass is 462 g/mol. The summed E-state index contributed by atoms with van der Waals surface area (Å²) in [5, 5.41) is 2.28. The van der Waals surface area contributed by atoms with Gasteiger partial charge in [-0.15, -0.1) is 0 Å². The molecule has 2 aromatic rings. The van der Waals surface area contributed by atoms with Crippen molar-refractivity contribution in [1.29, 1.82) is 0 Å². The summed E-state index contributed by atoms with van der Waals surface area (Å²) >= 11 is 0. The number of anilines is 1. The second-order valence-corrected chi connectivity index (χ2v) is 8.26. The van der Waals surface area contributed by atoms with E-state index in [1.54, 1.807) is 6.92 Å². The predicted molar refractivity (Wildman–Crippen MR) is 120 cm³/mol. The third-order valence-corrected chi connectivity index (χ3v) is 5.82. The van der Waals surface area contributed by atoms with Crippen LogP contribution in [0.2, 0.25) is 0 Å². The number of benzene rings is 2. The fourth-order valence-corrected chi connectivity index (χ4v) is 3.95. The van der Waals surface area contributed by atoms with Crippen LogP contribution in [0.25, 0.3) is 0 Å². The summed E-state index contributed by atoms with van der Waals surface area (Å²) in [6, 6.07) is 14.5. The van der Waals surface area contributed by atoms with Crippen LogP contribution in [0.4, 0.5) is 18.9 Å². The van der Waals surface area contributed by atoms with Gasteiger partial charge in [-0.25, -0.2) is 0 Å². The molecule has 0 unspecified atom stereocenters. The normalized spacial score (nSPS) is 16.3. The van der Waals surface area contributed by atoms with Gasteiger partial charge in [-0.05, 0) is 24.6 Å². The lowest BCUT2D eigenvalue weighted by Crippen LogP contribution is -2.54. The van der Waals surface area contributed by atoms with Gasteiger partial charge in [0.05, 0.1) is 23.8 Å². The molecule has 0 saturated carbocycles. The van der Waals surface area contributed by atoms with Gasteiger partial charge >= 0.3 is 6.18 Å². The van der Waals surface area contributed by atoms with Gasteiger partial charge in [0.15, 0.2) is 0 Å². The van der Waals surface area contributed by atoms with Crippen LogP contribution in [0.15, 0.2) is 54.6 Å². The first-order valence-electron chi connectivity index (χ1n) is 10.9. The van der Waals surface area contributed by atoms with Crippen molar-refractivity contribution in [3.05, 3.63) is 65.7 Å². The van der Waals surface area contributed by atoms with Crippen LogP contribution in [-0.2, 0) is 22.3 Å². The molecule has 1 aliphatic heterocycles. The first-order chi connectivity index (χ1) is 15.6. The molecule has 1 heterocycles. The molecule has 0 bridgehead atoms. The molecule has 0 aliphatic carbocycles. The molecular weight excluding hydrogens is 433 g/mol. The Labute approximate surface area is 192 Å². The number of rotatable bonds is 7. The predicted octanol–water partition coefficient (Wildman–Crippen LogP) is 3.31. The fourth-order valence-electron chi connectivity index (χ4n) is 3.95. The van der Waals surface area contributed by atoms with E-state index in [2.05, 4.69) is 27.2 Å². The number of halogens is 3. The molecule has 2 aromatic carbocycles. The second kappa shape index (κ2) is 10.8. The molecule has 3 rings (SSSR count). The Morgan fingerprint density at radius 3 is 2.24 bits per heavy atom. The average Bonchev–Trinajstić information content (AvgIpc) is 2.79. The van der Waals surface area contributed by atoms with Gasteiger partial charge in [0, 0.05) is 39.8 Å². The maximum atomic E-state index is 13.1. The minimum atomic E-state index is -4.58. The molecule has 1 saturated heterocycles. The van der Waals surface area contributed by atoms with E-state index in [0.29, 0.717) is 0 Å². The highest BCUT2D eigenvalue weighted by atomic mass is 19.4. The van der Waals surface area contributed by atoms with Crippen LogP contribution < -0.4 is 5.32 Å². The topological polar surface area (TPSA) is 55.9 Å². The van der Waals surface area contributed by atoms with Crippen molar-refractivity contribution < 1.29 is 22.8 Å². The highest BCUT2D eigenvalue weighted by molar-refractivity contribution is 5.95. The van der Waals surface area contributed by atoms with Crippen molar-refractivity contribution in [1.82, 2.24) is 14.7 Å². The zero-order valence-electron chi connectivity index (χ0n) is 18.8. The van der Waals surface area contributed by atoms with Crippen LogP contribution in [0.1, 0.15) is 18.1 Å². The Balaban J connectivity index is 1.49. The molecule has 6 nitrogen and oxygen atoms in total. The molecule has 1 aliphatic rings. The number of nitrogens with one attached hydrogen (secondary N) is 1. The molecule has 178 valence electrons. The Kier molecular flexibility index (Phi) is 8.10. The van der Waals surface area contributed by atoms with E-state index >= 15 is 0 Å². The summed E-state index contributed by atoms with van der Waals surface area (Å²) in [4.78, 5) is 30.8. The van der Waals surface area contributed by atoms with E-state index in [-0.39, 0.29) is 18.1 Å². The van der Waals surface area contributed by atoms with Crippen LogP contribution in [0.3, 0.4) is 0 Å². The summed E-state index contributed by atoms with van der Waals surface area (Å²) in [6.45, 7) is 5.41. The molecule has 1 atom stereocenters. The van der Waals surface area contributed by atoms with Crippen LogP contribution in [0, 0.1) is 0 Å². The van der Waals surface area contributed by atoms with Crippen molar-refractivity contribution >= 4 is 17.5 Å². The number of alkyl halides is 3. The molecule has 1 fully saturated rings. The van der Waals surface area contributed by atoms with Gasteiger partial charge in [0.25, 0.3) is 0 Å². The lowest BCUT2D eigenvalue weighted by atomic mass is 10.1. The number of nitrogens with zero attached hydrogens (tertiary/aromatic N) is 3. The number of hydrogen-bond acceptors (Lipinski definition) is 4. The first-order valence-corrected chi connectivity index (χ1v) is 10.9. The van der Waals surface area contributed by atoms with E-state index in [1.807, 2.05) is 18.2 Å². The van der Waals surface area contributed by atoms with Gasteiger partial charge in [-0.1, -0.05) is 42.5 Å². The minimum Gasteiger partial charge on any atom is -0.335 e. The Bertz CT molecular complexity index is 944. The summed E-state index contributed by atoms with van der Waals surface area (Å²) in [5.74, 6) is -0.923. The van der Waals surface area contributed by atoms with Crippen molar-refractivity contribution in [3.8, 4) is 0 Å². The van der Waals surface area contributed by atoms with E-state index in [4.69, 9.17) is 0 Å². The molecule has 33 heavy (non-hydrogen) atoms. The lowest BCUT2D eigenvalue weighted by Gasteiger charge is -2.38. The van der Waals surface area contributed by atoms with Crippen molar-refractivity contribution in [3.63, 3.8) is 0 Å². The van der Waals surface area contributed by atoms with Gasteiger partial charge < -0.3 is 10.2 Å². The standard InChI is InChI=1S/C24H29F3N4O2/c1-18(31-14-12-30(13-15-31)16-19-8-4-3-5-9-19)23(33)29(2)17-22(32)28-21-11-7-6-10-20(21)24(25,26)27/h3-11,18H,12-17H2,1-2H3,(H,28,32)/t18-/m1/s1. The Hall–Kier alpha value is -2.91. The second-order valence-electron chi connectivity index (χ2n) is 8.26. The molecule has 0 spiro atoms. The van der Waals surface area contributed by atoms with Crippen molar-refractivity contribution in [2.45, 2.75) is 25.7 Å². The molecule has 1 N–H and O–H groups in total. The Morgan fingerprint density at radius 1 is 1.00 bits per heavy atom. The third kappa shape index (κ3) is 6.79. The largest absolute Gasteiger partial charge is 0.418 e. The number of para-hydroxylation sites is 1. The summed E-state index contributed by atoms with van der Waals surface area (Å²) in [6.07, 6.45) is -4.58.